The molecule has 174 valence electrons. The minimum Gasteiger partial charge on any atom is -0.481 e. The maximum atomic E-state index is 14.6. The summed E-state index contributed by atoms with van der Waals surface area (Å²) in [5.41, 5.74) is 1.28. The number of hydrogen-bond donors (Lipinski definition) is 1. The largest absolute Gasteiger partial charge is 0.481 e. The summed E-state index contributed by atoms with van der Waals surface area (Å²) in [6, 6.07) is 15.0. The number of rotatable bonds is 5. The first kappa shape index (κ1) is 22.3. The maximum Gasteiger partial charge on any atom is 0.304 e. The van der Waals surface area contributed by atoms with Crippen molar-refractivity contribution in [2.45, 2.75) is 36.6 Å². The molecule has 8 heteroatoms. The van der Waals surface area contributed by atoms with Crippen LogP contribution in [0.5, 0.6) is 0 Å². The third kappa shape index (κ3) is 3.68. The van der Waals surface area contributed by atoms with Crippen LogP contribution in [0.4, 0.5) is 4.39 Å². The zero-order chi connectivity index (χ0) is 24.2. The van der Waals surface area contributed by atoms with E-state index in [-0.39, 0.29) is 22.3 Å². The smallest absolute Gasteiger partial charge is 0.304 e. The Balaban J connectivity index is 1.86. The van der Waals surface area contributed by atoms with Crippen LogP contribution in [-0.4, -0.2) is 36.1 Å². The number of hydrogen-bond acceptors (Lipinski definition) is 4. The summed E-state index contributed by atoms with van der Waals surface area (Å²) < 4.78 is 41.6. The van der Waals surface area contributed by atoms with Crippen molar-refractivity contribution in [2.75, 3.05) is 6.26 Å². The summed E-state index contributed by atoms with van der Waals surface area (Å²) in [7, 11) is -3.89. The van der Waals surface area contributed by atoms with E-state index >= 15 is 0 Å². The number of aliphatic carboxylic acids is 1. The molecule has 1 aliphatic rings. The van der Waals surface area contributed by atoms with Gasteiger partial charge in [0.05, 0.1) is 22.4 Å². The van der Waals surface area contributed by atoms with Crippen LogP contribution in [-0.2, 0) is 21.2 Å². The Bertz CT molecular complexity index is 1600. The van der Waals surface area contributed by atoms with Crippen LogP contribution in [0.1, 0.15) is 46.8 Å². The molecule has 0 radical (unpaired) electrons. The van der Waals surface area contributed by atoms with Crippen LogP contribution in [0.3, 0.4) is 0 Å². The molecule has 0 bridgehead atoms. The first-order valence-corrected chi connectivity index (χ1v) is 12.9. The van der Waals surface area contributed by atoms with Crippen LogP contribution >= 0.6 is 0 Å². The van der Waals surface area contributed by atoms with E-state index in [1.54, 1.807) is 16.7 Å². The highest BCUT2D eigenvalue weighted by Crippen LogP contribution is 2.42. The zero-order valence-electron chi connectivity index (χ0n) is 18.4. The third-order valence-corrected chi connectivity index (χ3v) is 7.63. The van der Waals surface area contributed by atoms with Gasteiger partial charge < -0.3 is 9.67 Å². The third-order valence-electron chi connectivity index (χ3n) is 6.51. The van der Waals surface area contributed by atoms with Crippen molar-refractivity contribution >= 4 is 43.3 Å². The molecule has 1 unspecified atom stereocenters. The molecular formula is C26H22FNO5S. The Kier molecular flexibility index (Phi) is 5.28. The summed E-state index contributed by atoms with van der Waals surface area (Å²) in [4.78, 5) is 25.3. The standard InChI is InChI=1S/C26H22FNO5S/c1-34(32,33)21-14-19(27)13-20-23(21)24(25-17(12-22(29)30)7-4-10-28(20)25)26(31)18-9-8-15-5-2-3-6-16(15)11-18/h2-3,5-6,8-9,11,13-14,17H,4,7,10,12H2,1H3,(H,29,30). The molecule has 1 atom stereocenters. The van der Waals surface area contributed by atoms with Gasteiger partial charge in [-0.05, 0) is 41.8 Å². The van der Waals surface area contributed by atoms with Crippen LogP contribution < -0.4 is 0 Å². The minimum absolute atomic E-state index is 0.150. The highest BCUT2D eigenvalue weighted by molar-refractivity contribution is 7.91. The summed E-state index contributed by atoms with van der Waals surface area (Å²) in [5, 5.41) is 11.5. The van der Waals surface area contributed by atoms with Gasteiger partial charge in [0.25, 0.3) is 0 Å². The van der Waals surface area contributed by atoms with Gasteiger partial charge in [-0.25, -0.2) is 12.8 Å². The van der Waals surface area contributed by atoms with Gasteiger partial charge in [0.2, 0.25) is 0 Å². The molecule has 0 amide bonds. The highest BCUT2D eigenvalue weighted by Gasteiger charge is 2.34. The molecule has 1 aromatic heterocycles. The number of carbonyl (C=O) groups excluding carboxylic acids is 1. The molecule has 0 saturated carbocycles. The molecule has 4 aromatic rings. The second kappa shape index (κ2) is 8.06. The van der Waals surface area contributed by atoms with Crippen molar-refractivity contribution in [1.82, 2.24) is 4.57 Å². The average Bonchev–Trinajstić information content (AvgIpc) is 3.12. The number of aromatic nitrogens is 1. The Morgan fingerprint density at radius 2 is 1.82 bits per heavy atom. The fourth-order valence-electron chi connectivity index (χ4n) is 5.13. The second-order valence-electron chi connectivity index (χ2n) is 8.81. The molecule has 34 heavy (non-hydrogen) atoms. The van der Waals surface area contributed by atoms with Gasteiger partial charge in [0.15, 0.2) is 15.6 Å². The van der Waals surface area contributed by atoms with Crippen molar-refractivity contribution in [2.24, 2.45) is 0 Å². The van der Waals surface area contributed by atoms with E-state index in [2.05, 4.69) is 0 Å². The molecule has 5 rings (SSSR count). The number of carboxylic acids is 1. The van der Waals surface area contributed by atoms with E-state index in [9.17, 15) is 27.5 Å². The van der Waals surface area contributed by atoms with Crippen LogP contribution in [0.2, 0.25) is 0 Å². The molecule has 1 aliphatic heterocycles. The van der Waals surface area contributed by atoms with Gasteiger partial charge >= 0.3 is 5.97 Å². The second-order valence-corrected chi connectivity index (χ2v) is 10.8. The van der Waals surface area contributed by atoms with E-state index in [0.29, 0.717) is 36.2 Å². The van der Waals surface area contributed by atoms with Crippen molar-refractivity contribution in [3.8, 4) is 0 Å². The lowest BCUT2D eigenvalue weighted by Crippen LogP contribution is -2.20. The summed E-state index contributed by atoms with van der Waals surface area (Å²) in [6.07, 6.45) is 1.96. The number of carbonyl (C=O) groups is 2. The lowest BCUT2D eigenvalue weighted by Gasteiger charge is -2.25. The SMILES string of the molecule is CS(=O)(=O)c1cc(F)cc2c1c(C(=O)c1ccc3ccccc3c1)c1n2CCCC1CC(=O)O. The molecule has 0 saturated heterocycles. The van der Waals surface area contributed by atoms with Gasteiger partial charge in [-0.1, -0.05) is 36.4 Å². The Hall–Kier alpha value is -3.52. The summed E-state index contributed by atoms with van der Waals surface area (Å²) in [5.74, 6) is -2.63. The topological polar surface area (TPSA) is 93.4 Å². The molecule has 0 spiro atoms. The van der Waals surface area contributed by atoms with Gasteiger partial charge in [-0.2, -0.15) is 0 Å². The molecular weight excluding hydrogens is 457 g/mol. The number of ketones is 1. The maximum absolute atomic E-state index is 14.6. The lowest BCUT2D eigenvalue weighted by atomic mass is 9.87. The Morgan fingerprint density at radius 3 is 2.53 bits per heavy atom. The normalized spacial score (nSPS) is 16.0. The molecule has 1 N–H and O–H groups in total. The number of carboxylic acid groups (broad SMARTS) is 1. The fraction of sp³-hybridized carbons (Fsp3) is 0.231. The van der Waals surface area contributed by atoms with E-state index in [1.165, 1.54) is 6.07 Å². The predicted molar refractivity (Wildman–Crippen MR) is 127 cm³/mol. The summed E-state index contributed by atoms with van der Waals surface area (Å²) in [6.45, 7) is 0.444. The van der Waals surface area contributed by atoms with Crippen molar-refractivity contribution < 1.29 is 27.5 Å². The van der Waals surface area contributed by atoms with E-state index in [4.69, 9.17) is 0 Å². The Labute approximate surface area is 195 Å². The van der Waals surface area contributed by atoms with Crippen molar-refractivity contribution in [3.63, 3.8) is 0 Å². The molecule has 6 nitrogen and oxygen atoms in total. The first-order chi connectivity index (χ1) is 16.1. The van der Waals surface area contributed by atoms with Crippen molar-refractivity contribution in [1.29, 1.82) is 0 Å². The molecule has 2 heterocycles. The van der Waals surface area contributed by atoms with Crippen LogP contribution in [0, 0.1) is 5.82 Å². The molecule has 0 aliphatic carbocycles. The van der Waals surface area contributed by atoms with E-state index in [0.717, 1.165) is 23.1 Å². The predicted octanol–water partition coefficient (Wildman–Crippen LogP) is 4.92. The highest BCUT2D eigenvalue weighted by atomic mass is 32.2. The van der Waals surface area contributed by atoms with Crippen molar-refractivity contribution in [3.05, 3.63) is 77.2 Å². The quantitative estimate of drug-likeness (QED) is 0.410. The van der Waals surface area contributed by atoms with E-state index in [1.807, 2.05) is 30.3 Å². The fourth-order valence-corrected chi connectivity index (χ4v) is 6.03. The van der Waals surface area contributed by atoms with Crippen LogP contribution in [0.15, 0.2) is 59.5 Å². The van der Waals surface area contributed by atoms with Gasteiger partial charge in [0.1, 0.15) is 5.82 Å². The van der Waals surface area contributed by atoms with Gasteiger partial charge in [0, 0.05) is 35.4 Å². The van der Waals surface area contributed by atoms with Gasteiger partial charge in [-0.3, -0.25) is 9.59 Å². The number of sulfone groups is 1. The number of halogens is 1. The van der Waals surface area contributed by atoms with Gasteiger partial charge in [-0.15, -0.1) is 0 Å². The monoisotopic (exact) mass is 479 g/mol. The zero-order valence-corrected chi connectivity index (χ0v) is 19.2. The average molecular weight is 480 g/mol. The number of aryl methyl sites for hydroxylation is 1. The summed E-state index contributed by atoms with van der Waals surface area (Å²) >= 11 is 0. The lowest BCUT2D eigenvalue weighted by molar-refractivity contribution is -0.137. The molecule has 3 aromatic carbocycles. The first-order valence-electron chi connectivity index (χ1n) is 11.0. The minimum atomic E-state index is -3.89. The molecule has 0 fully saturated rings. The number of benzene rings is 3. The van der Waals surface area contributed by atoms with E-state index < -0.39 is 33.3 Å². The van der Waals surface area contributed by atoms with Crippen LogP contribution in [0.25, 0.3) is 21.7 Å². The number of fused-ring (bicyclic) bond motifs is 4. The number of nitrogens with zero attached hydrogens (tertiary/aromatic N) is 1. The Morgan fingerprint density at radius 1 is 1.09 bits per heavy atom.